The summed E-state index contributed by atoms with van der Waals surface area (Å²) >= 11 is 3.65. The fraction of sp³-hybridized carbons (Fsp3) is 0.727. The molecule has 1 aliphatic rings. The highest BCUT2D eigenvalue weighted by molar-refractivity contribution is 8.01. The van der Waals surface area contributed by atoms with Gasteiger partial charge >= 0.3 is 0 Å². The molecule has 15 heavy (non-hydrogen) atoms. The second kappa shape index (κ2) is 5.32. The Morgan fingerprint density at radius 3 is 3.07 bits per heavy atom. The summed E-state index contributed by atoms with van der Waals surface area (Å²) in [5.74, 6) is 1.91. The summed E-state index contributed by atoms with van der Waals surface area (Å²) in [4.78, 5) is 4.45. The summed E-state index contributed by atoms with van der Waals surface area (Å²) in [5, 5.41) is 5.69. The van der Waals surface area contributed by atoms with Crippen molar-refractivity contribution in [2.24, 2.45) is 5.92 Å². The summed E-state index contributed by atoms with van der Waals surface area (Å²) in [6.07, 6.45) is 2.76. The maximum Gasteiger partial charge on any atom is 0.150 e. The van der Waals surface area contributed by atoms with Gasteiger partial charge in [-0.2, -0.15) is 0 Å². The molecule has 0 spiro atoms. The number of nitrogens with one attached hydrogen (secondary N) is 1. The number of thioether (sulfide) groups is 1. The number of aromatic nitrogens is 1. The van der Waals surface area contributed by atoms with Gasteiger partial charge in [-0.05, 0) is 32.2 Å². The first-order valence-electron chi connectivity index (χ1n) is 5.52. The SMILES string of the molecule is Cc1csc(SCC(C)CNC2CC2)n1. The summed E-state index contributed by atoms with van der Waals surface area (Å²) in [6.45, 7) is 5.52. The Kier molecular flexibility index (Phi) is 4.05. The molecule has 1 aromatic heterocycles. The van der Waals surface area contributed by atoms with E-state index >= 15 is 0 Å². The van der Waals surface area contributed by atoms with Gasteiger partial charge in [-0.15, -0.1) is 11.3 Å². The Hall–Kier alpha value is -0.0600. The fourth-order valence-electron chi connectivity index (χ4n) is 1.33. The number of aryl methyl sites for hydroxylation is 1. The van der Waals surface area contributed by atoms with Crippen molar-refractivity contribution in [1.82, 2.24) is 10.3 Å². The molecule has 84 valence electrons. The van der Waals surface area contributed by atoms with Gasteiger partial charge in [0.1, 0.15) is 4.34 Å². The summed E-state index contributed by atoms with van der Waals surface area (Å²) in [6, 6.07) is 0.833. The average molecular weight is 242 g/mol. The molecule has 1 fully saturated rings. The molecule has 1 aromatic rings. The number of rotatable bonds is 6. The smallest absolute Gasteiger partial charge is 0.150 e. The van der Waals surface area contributed by atoms with Crippen LogP contribution in [0.1, 0.15) is 25.5 Å². The van der Waals surface area contributed by atoms with Crippen LogP contribution in [0.2, 0.25) is 0 Å². The standard InChI is InChI=1S/C11H18N2S2/c1-8(5-12-10-3-4-10)6-14-11-13-9(2)7-15-11/h7-8,10,12H,3-6H2,1-2H3. The van der Waals surface area contributed by atoms with Gasteiger partial charge in [-0.1, -0.05) is 18.7 Å². The Balaban J connectivity index is 1.63. The molecule has 1 atom stereocenters. The van der Waals surface area contributed by atoms with Gasteiger partial charge in [0.25, 0.3) is 0 Å². The Morgan fingerprint density at radius 1 is 1.67 bits per heavy atom. The molecule has 1 saturated carbocycles. The van der Waals surface area contributed by atoms with Crippen molar-refractivity contribution >= 4 is 23.1 Å². The molecule has 2 nitrogen and oxygen atoms in total. The maximum atomic E-state index is 4.45. The third-order valence-corrected chi connectivity index (χ3v) is 4.89. The van der Waals surface area contributed by atoms with Crippen molar-refractivity contribution in [2.75, 3.05) is 12.3 Å². The zero-order valence-corrected chi connectivity index (χ0v) is 11.0. The van der Waals surface area contributed by atoms with Crippen molar-refractivity contribution in [3.05, 3.63) is 11.1 Å². The van der Waals surface area contributed by atoms with Crippen LogP contribution in [0.5, 0.6) is 0 Å². The van der Waals surface area contributed by atoms with E-state index in [1.165, 1.54) is 22.9 Å². The molecule has 0 radical (unpaired) electrons. The molecule has 1 heterocycles. The molecule has 2 rings (SSSR count). The van der Waals surface area contributed by atoms with Crippen LogP contribution in [0.25, 0.3) is 0 Å². The molecule has 1 N–H and O–H groups in total. The van der Waals surface area contributed by atoms with Crippen molar-refractivity contribution in [2.45, 2.75) is 37.1 Å². The second-order valence-electron chi connectivity index (χ2n) is 4.35. The molecule has 0 aromatic carbocycles. The Morgan fingerprint density at radius 2 is 2.47 bits per heavy atom. The van der Waals surface area contributed by atoms with Crippen LogP contribution < -0.4 is 5.32 Å². The van der Waals surface area contributed by atoms with Gasteiger partial charge in [-0.3, -0.25) is 0 Å². The quantitative estimate of drug-likeness (QED) is 0.776. The lowest BCUT2D eigenvalue weighted by molar-refractivity contribution is 0.556. The van der Waals surface area contributed by atoms with E-state index in [4.69, 9.17) is 0 Å². The predicted octanol–water partition coefficient (Wildman–Crippen LogP) is 2.93. The van der Waals surface area contributed by atoms with Crippen LogP contribution >= 0.6 is 23.1 Å². The second-order valence-corrected chi connectivity index (χ2v) is 6.48. The fourth-order valence-corrected chi connectivity index (χ4v) is 3.22. The minimum absolute atomic E-state index is 0.736. The zero-order chi connectivity index (χ0) is 10.7. The average Bonchev–Trinajstić information content (AvgIpc) is 2.95. The largest absolute Gasteiger partial charge is 0.314 e. The highest BCUT2D eigenvalue weighted by atomic mass is 32.2. The molecule has 0 saturated heterocycles. The summed E-state index contributed by atoms with van der Waals surface area (Å²) < 4.78 is 1.21. The van der Waals surface area contributed by atoms with Gasteiger partial charge in [0.15, 0.2) is 0 Å². The van der Waals surface area contributed by atoms with E-state index in [0.717, 1.165) is 24.2 Å². The number of nitrogens with zero attached hydrogens (tertiary/aromatic N) is 1. The van der Waals surface area contributed by atoms with Crippen LogP contribution in [0.3, 0.4) is 0 Å². The first kappa shape index (κ1) is 11.4. The van der Waals surface area contributed by atoms with Gasteiger partial charge < -0.3 is 5.32 Å². The van der Waals surface area contributed by atoms with Crippen molar-refractivity contribution in [1.29, 1.82) is 0 Å². The first-order valence-corrected chi connectivity index (χ1v) is 7.39. The molecule has 0 bridgehead atoms. The highest BCUT2D eigenvalue weighted by Gasteiger charge is 2.20. The van der Waals surface area contributed by atoms with Crippen molar-refractivity contribution in [3.63, 3.8) is 0 Å². The summed E-state index contributed by atoms with van der Waals surface area (Å²) in [5.41, 5.74) is 1.14. The zero-order valence-electron chi connectivity index (χ0n) is 9.32. The lowest BCUT2D eigenvalue weighted by atomic mass is 10.2. The Labute approximate surface area is 99.9 Å². The van der Waals surface area contributed by atoms with Gasteiger partial charge in [0, 0.05) is 22.9 Å². The van der Waals surface area contributed by atoms with Crippen LogP contribution in [0.4, 0.5) is 0 Å². The Bertz CT molecular complexity index is 307. The van der Waals surface area contributed by atoms with Crippen molar-refractivity contribution in [3.8, 4) is 0 Å². The molecular formula is C11H18N2S2. The van der Waals surface area contributed by atoms with E-state index in [0.29, 0.717) is 0 Å². The van der Waals surface area contributed by atoms with E-state index in [1.54, 1.807) is 11.3 Å². The van der Waals surface area contributed by atoms with Gasteiger partial charge in [0.2, 0.25) is 0 Å². The van der Waals surface area contributed by atoms with Crippen molar-refractivity contribution < 1.29 is 0 Å². The third-order valence-electron chi connectivity index (χ3n) is 2.42. The van der Waals surface area contributed by atoms with Crippen LogP contribution in [-0.4, -0.2) is 23.3 Å². The molecule has 1 unspecified atom stereocenters. The topological polar surface area (TPSA) is 24.9 Å². The molecule has 0 amide bonds. The van der Waals surface area contributed by atoms with E-state index in [2.05, 4.69) is 29.5 Å². The minimum atomic E-state index is 0.736. The summed E-state index contributed by atoms with van der Waals surface area (Å²) in [7, 11) is 0. The lowest BCUT2D eigenvalue weighted by Gasteiger charge is -2.10. The predicted molar refractivity (Wildman–Crippen MR) is 67.8 cm³/mol. The highest BCUT2D eigenvalue weighted by Crippen LogP contribution is 2.25. The van der Waals surface area contributed by atoms with E-state index < -0.39 is 0 Å². The third kappa shape index (κ3) is 4.13. The molecular weight excluding hydrogens is 224 g/mol. The molecule has 1 aliphatic carbocycles. The normalized spacial score (nSPS) is 18.0. The van der Waals surface area contributed by atoms with E-state index in [1.807, 2.05) is 11.8 Å². The monoisotopic (exact) mass is 242 g/mol. The molecule has 4 heteroatoms. The number of hydrogen-bond donors (Lipinski definition) is 1. The molecule has 0 aliphatic heterocycles. The van der Waals surface area contributed by atoms with Crippen LogP contribution in [0.15, 0.2) is 9.72 Å². The first-order chi connectivity index (χ1) is 7.24. The number of thiazole rings is 1. The number of hydrogen-bond acceptors (Lipinski definition) is 4. The minimum Gasteiger partial charge on any atom is -0.314 e. The maximum absolute atomic E-state index is 4.45. The van der Waals surface area contributed by atoms with E-state index in [-0.39, 0.29) is 0 Å². The van der Waals surface area contributed by atoms with E-state index in [9.17, 15) is 0 Å². The van der Waals surface area contributed by atoms with Crippen LogP contribution in [-0.2, 0) is 0 Å². The van der Waals surface area contributed by atoms with Gasteiger partial charge in [0.05, 0.1) is 0 Å². The van der Waals surface area contributed by atoms with Gasteiger partial charge in [-0.25, -0.2) is 4.98 Å². The lowest BCUT2D eigenvalue weighted by Crippen LogP contribution is -2.24. The van der Waals surface area contributed by atoms with Crippen LogP contribution in [0, 0.1) is 12.8 Å².